The van der Waals surface area contributed by atoms with Crippen molar-refractivity contribution in [1.82, 2.24) is 0 Å². The number of hydrogen-bond donors (Lipinski definition) is 3. The number of rotatable bonds is 3. The number of carboxylic acids is 1. The highest BCUT2D eigenvalue weighted by Gasteiger charge is 2.13. The Morgan fingerprint density at radius 1 is 1.21 bits per heavy atom. The highest BCUT2D eigenvalue weighted by atomic mass is 79.9. The summed E-state index contributed by atoms with van der Waals surface area (Å²) in [7, 11) is 0. The second-order valence-corrected chi connectivity index (χ2v) is 6.06. The van der Waals surface area contributed by atoms with E-state index >= 15 is 0 Å². The van der Waals surface area contributed by atoms with Gasteiger partial charge in [-0.05, 0) is 46.3 Å². The molecule has 0 saturated carbocycles. The highest BCUT2D eigenvalue weighted by Crippen LogP contribution is 2.27. The van der Waals surface area contributed by atoms with Gasteiger partial charge in [-0.2, -0.15) is 0 Å². The molecule has 0 unspecified atom stereocenters. The molecule has 0 bridgehead atoms. The van der Waals surface area contributed by atoms with Crippen LogP contribution in [0, 0.1) is 0 Å². The van der Waals surface area contributed by atoms with E-state index in [2.05, 4.69) is 21.2 Å². The number of benzene rings is 1. The number of thiophene rings is 1. The summed E-state index contributed by atoms with van der Waals surface area (Å²) in [6, 6.07) is 7.05. The minimum Gasteiger partial charge on any atom is -0.506 e. The molecule has 0 spiro atoms. The average molecular weight is 342 g/mol. The lowest BCUT2D eigenvalue weighted by atomic mass is 10.2. The number of amides is 1. The smallest absolute Gasteiger partial charge is 0.335 e. The van der Waals surface area contributed by atoms with Gasteiger partial charge >= 0.3 is 5.97 Å². The first kappa shape index (κ1) is 13.6. The molecule has 0 saturated heterocycles. The lowest BCUT2D eigenvalue weighted by Gasteiger charge is -2.07. The Kier molecular flexibility index (Phi) is 3.87. The number of aromatic hydroxyl groups is 1. The molecule has 19 heavy (non-hydrogen) atoms. The average Bonchev–Trinajstić information content (AvgIpc) is 2.78. The Balaban J connectivity index is 2.25. The molecule has 5 nitrogen and oxygen atoms in total. The van der Waals surface area contributed by atoms with E-state index < -0.39 is 11.9 Å². The number of anilines is 1. The lowest BCUT2D eigenvalue weighted by molar-refractivity contribution is 0.0696. The van der Waals surface area contributed by atoms with Crippen LogP contribution in [0.25, 0.3) is 0 Å². The number of phenols is 1. The third-order valence-electron chi connectivity index (χ3n) is 2.29. The predicted molar refractivity (Wildman–Crippen MR) is 75.0 cm³/mol. The van der Waals surface area contributed by atoms with Crippen LogP contribution in [-0.4, -0.2) is 22.1 Å². The van der Waals surface area contributed by atoms with Gasteiger partial charge < -0.3 is 15.5 Å². The van der Waals surface area contributed by atoms with Crippen molar-refractivity contribution in [2.45, 2.75) is 0 Å². The van der Waals surface area contributed by atoms with E-state index in [4.69, 9.17) is 5.11 Å². The second kappa shape index (κ2) is 5.41. The topological polar surface area (TPSA) is 86.6 Å². The van der Waals surface area contributed by atoms with E-state index in [1.165, 1.54) is 29.5 Å². The van der Waals surface area contributed by atoms with Gasteiger partial charge in [-0.1, -0.05) is 0 Å². The Hall–Kier alpha value is -1.86. The van der Waals surface area contributed by atoms with E-state index in [1.807, 2.05) is 0 Å². The molecule has 1 heterocycles. The molecular weight excluding hydrogens is 334 g/mol. The van der Waals surface area contributed by atoms with Gasteiger partial charge in [0, 0.05) is 0 Å². The van der Waals surface area contributed by atoms with Crippen molar-refractivity contribution in [3.05, 3.63) is 44.6 Å². The Morgan fingerprint density at radius 3 is 2.53 bits per heavy atom. The molecule has 98 valence electrons. The fourth-order valence-corrected chi connectivity index (χ4v) is 2.67. The molecule has 7 heteroatoms. The molecule has 0 aliphatic heterocycles. The number of hydrogen-bond acceptors (Lipinski definition) is 4. The Morgan fingerprint density at radius 2 is 1.95 bits per heavy atom. The van der Waals surface area contributed by atoms with Crippen LogP contribution in [0.3, 0.4) is 0 Å². The summed E-state index contributed by atoms with van der Waals surface area (Å²) in [6.45, 7) is 0. The van der Waals surface area contributed by atoms with Crippen LogP contribution >= 0.6 is 27.3 Å². The largest absolute Gasteiger partial charge is 0.506 e. The monoisotopic (exact) mass is 341 g/mol. The van der Waals surface area contributed by atoms with Crippen molar-refractivity contribution in [2.75, 3.05) is 5.32 Å². The first-order valence-corrected chi connectivity index (χ1v) is 6.71. The van der Waals surface area contributed by atoms with Crippen molar-refractivity contribution >= 4 is 44.8 Å². The zero-order valence-electron chi connectivity index (χ0n) is 9.38. The highest BCUT2D eigenvalue weighted by molar-refractivity contribution is 9.11. The molecule has 1 aromatic heterocycles. The van der Waals surface area contributed by atoms with E-state index in [0.717, 1.165) is 3.79 Å². The number of halogens is 1. The number of nitrogens with one attached hydrogen (secondary N) is 1. The van der Waals surface area contributed by atoms with Crippen LogP contribution in [-0.2, 0) is 0 Å². The summed E-state index contributed by atoms with van der Waals surface area (Å²) in [5.41, 5.74) is 0.0508. The minimum atomic E-state index is -1.13. The molecule has 2 rings (SSSR count). The lowest BCUT2D eigenvalue weighted by Crippen LogP contribution is -2.11. The van der Waals surface area contributed by atoms with Crippen LogP contribution in [0.2, 0.25) is 0 Å². The Bertz CT molecular complexity index is 653. The first-order chi connectivity index (χ1) is 8.97. The molecule has 1 aromatic carbocycles. The zero-order chi connectivity index (χ0) is 14.0. The number of carbonyl (C=O) groups excluding carboxylic acids is 1. The van der Waals surface area contributed by atoms with E-state index in [9.17, 15) is 14.7 Å². The van der Waals surface area contributed by atoms with Crippen LogP contribution in [0.5, 0.6) is 5.75 Å². The maximum atomic E-state index is 11.9. The number of phenolic OH excluding ortho intramolecular Hbond substituents is 1. The van der Waals surface area contributed by atoms with Gasteiger partial charge in [0.05, 0.1) is 19.9 Å². The van der Waals surface area contributed by atoms with Crippen LogP contribution in [0.15, 0.2) is 34.1 Å². The second-order valence-electron chi connectivity index (χ2n) is 3.59. The van der Waals surface area contributed by atoms with Crippen molar-refractivity contribution in [2.24, 2.45) is 0 Å². The predicted octanol–water partition coefficient (Wildman–Crippen LogP) is 3.17. The van der Waals surface area contributed by atoms with Gasteiger partial charge in [0.1, 0.15) is 5.75 Å². The molecule has 2 aromatic rings. The normalized spacial score (nSPS) is 10.2. The van der Waals surface area contributed by atoms with E-state index in [1.54, 1.807) is 12.1 Å². The fourth-order valence-electron chi connectivity index (χ4n) is 1.39. The van der Waals surface area contributed by atoms with Crippen LogP contribution in [0.1, 0.15) is 20.0 Å². The third kappa shape index (κ3) is 3.12. The molecule has 0 fully saturated rings. The Labute approximate surface area is 120 Å². The van der Waals surface area contributed by atoms with Crippen molar-refractivity contribution in [3.63, 3.8) is 0 Å². The SMILES string of the molecule is O=C(O)c1ccc(O)c(NC(=O)c2ccc(Br)s2)c1. The van der Waals surface area contributed by atoms with Crippen LogP contribution < -0.4 is 5.32 Å². The maximum Gasteiger partial charge on any atom is 0.335 e. The van der Waals surface area contributed by atoms with Crippen molar-refractivity contribution in [3.8, 4) is 5.75 Å². The molecule has 0 atom stereocenters. The summed E-state index contributed by atoms with van der Waals surface area (Å²) in [4.78, 5) is 23.2. The van der Waals surface area contributed by atoms with E-state index in [-0.39, 0.29) is 17.0 Å². The summed E-state index contributed by atoms with van der Waals surface area (Å²) in [5.74, 6) is -1.73. The maximum absolute atomic E-state index is 11.9. The van der Waals surface area contributed by atoms with Gasteiger partial charge in [-0.25, -0.2) is 4.79 Å². The van der Waals surface area contributed by atoms with Gasteiger partial charge in [0.25, 0.3) is 5.91 Å². The van der Waals surface area contributed by atoms with Gasteiger partial charge in [0.15, 0.2) is 0 Å². The van der Waals surface area contributed by atoms with Gasteiger partial charge in [-0.15, -0.1) is 11.3 Å². The zero-order valence-corrected chi connectivity index (χ0v) is 11.8. The van der Waals surface area contributed by atoms with E-state index in [0.29, 0.717) is 4.88 Å². The molecule has 3 N–H and O–H groups in total. The van der Waals surface area contributed by atoms with Crippen molar-refractivity contribution in [1.29, 1.82) is 0 Å². The number of carbonyl (C=O) groups is 2. The standard InChI is InChI=1S/C12H8BrNO4S/c13-10-4-3-9(19-10)11(16)14-7-5-6(12(17)18)1-2-8(7)15/h1-5,15H,(H,14,16)(H,17,18). The molecule has 0 radical (unpaired) electrons. The third-order valence-corrected chi connectivity index (χ3v) is 3.91. The quantitative estimate of drug-likeness (QED) is 0.748. The molecule has 0 aliphatic carbocycles. The van der Waals surface area contributed by atoms with Gasteiger partial charge in [-0.3, -0.25) is 4.79 Å². The summed E-state index contributed by atoms with van der Waals surface area (Å²) < 4.78 is 0.807. The molecule has 0 aliphatic rings. The summed E-state index contributed by atoms with van der Waals surface area (Å²) >= 11 is 4.48. The summed E-state index contributed by atoms with van der Waals surface area (Å²) in [5, 5.41) is 20.9. The number of aromatic carboxylic acids is 1. The molecule has 1 amide bonds. The summed E-state index contributed by atoms with van der Waals surface area (Å²) in [6.07, 6.45) is 0. The minimum absolute atomic E-state index is 0.0135. The molecular formula is C12H8BrNO4S. The van der Waals surface area contributed by atoms with Gasteiger partial charge in [0.2, 0.25) is 0 Å². The van der Waals surface area contributed by atoms with Crippen molar-refractivity contribution < 1.29 is 19.8 Å². The number of carboxylic acid groups (broad SMARTS) is 1. The fraction of sp³-hybridized carbons (Fsp3) is 0. The first-order valence-electron chi connectivity index (χ1n) is 5.10. The van der Waals surface area contributed by atoms with Crippen LogP contribution in [0.4, 0.5) is 5.69 Å².